The molecule has 0 saturated heterocycles. The number of H-pyrrole nitrogens is 1. The largest absolute Gasteiger partial charge is 0.347 e. The first kappa shape index (κ1) is 17.5. The fourth-order valence-corrected chi connectivity index (χ4v) is 3.92. The number of aromatic nitrogens is 6. The van der Waals surface area contributed by atoms with Crippen molar-refractivity contribution in [2.24, 2.45) is 0 Å². The van der Waals surface area contributed by atoms with Crippen LogP contribution in [0.25, 0.3) is 16.9 Å². The van der Waals surface area contributed by atoms with Gasteiger partial charge in [-0.15, -0.1) is 0 Å². The van der Waals surface area contributed by atoms with Crippen LogP contribution in [0.15, 0.2) is 49.3 Å². The minimum Gasteiger partial charge on any atom is -0.347 e. The summed E-state index contributed by atoms with van der Waals surface area (Å²) in [5.41, 5.74) is 3.48. The second-order valence-corrected chi connectivity index (χ2v) is 7.35. The van der Waals surface area contributed by atoms with Crippen LogP contribution in [0.3, 0.4) is 0 Å². The second kappa shape index (κ2) is 7.46. The minimum absolute atomic E-state index is 0.243. The first-order chi connectivity index (χ1) is 14.3. The molecular weight excluding hydrogens is 366 g/mol. The van der Waals surface area contributed by atoms with E-state index in [0.29, 0.717) is 29.3 Å². The van der Waals surface area contributed by atoms with Crippen molar-refractivity contribution in [3.8, 4) is 5.69 Å². The highest BCUT2D eigenvalue weighted by molar-refractivity contribution is 6.02. The van der Waals surface area contributed by atoms with E-state index >= 15 is 0 Å². The Morgan fingerprint density at radius 1 is 1.24 bits per heavy atom. The number of imidazole rings is 2. The van der Waals surface area contributed by atoms with E-state index in [1.165, 1.54) is 19.2 Å². The predicted molar refractivity (Wildman–Crippen MR) is 108 cm³/mol. The van der Waals surface area contributed by atoms with Gasteiger partial charge in [0.2, 0.25) is 0 Å². The van der Waals surface area contributed by atoms with Gasteiger partial charge in [-0.25, -0.2) is 19.9 Å². The molecule has 1 saturated carbocycles. The van der Waals surface area contributed by atoms with Crippen LogP contribution < -0.4 is 5.32 Å². The third-order valence-electron chi connectivity index (χ3n) is 5.43. The van der Waals surface area contributed by atoms with Crippen LogP contribution in [0.1, 0.15) is 53.5 Å². The Kier molecular flexibility index (Phi) is 4.51. The van der Waals surface area contributed by atoms with Crippen molar-refractivity contribution >= 4 is 17.1 Å². The Labute approximate surface area is 167 Å². The summed E-state index contributed by atoms with van der Waals surface area (Å²) < 4.78 is 1.93. The van der Waals surface area contributed by atoms with Gasteiger partial charge in [-0.2, -0.15) is 0 Å². The molecule has 3 heterocycles. The maximum Gasteiger partial charge on any atom is 0.272 e. The lowest BCUT2D eigenvalue weighted by atomic mass is 10.1. The summed E-state index contributed by atoms with van der Waals surface area (Å²) in [5, 5.41) is 2.96. The van der Waals surface area contributed by atoms with E-state index in [1.54, 1.807) is 12.5 Å². The monoisotopic (exact) mass is 387 g/mol. The first-order valence-corrected chi connectivity index (χ1v) is 9.84. The molecule has 0 bridgehead atoms. The fraction of sp³-hybridized carbons (Fsp3) is 0.286. The standard InChI is InChI=1S/C21H21N7O/c29-21(23-11-14-4-3-7-16(10-14)28-9-8-22-13-28)18-17-20(25-12-24-18)27-19(26-17)15-5-1-2-6-15/h3-4,7-10,12-13,15H,1-2,5-6,11H2,(H,23,29)(H,24,25,26,27). The number of nitrogens with zero attached hydrogens (tertiary/aromatic N) is 5. The van der Waals surface area contributed by atoms with Crippen LogP contribution in [0.5, 0.6) is 0 Å². The molecule has 146 valence electrons. The highest BCUT2D eigenvalue weighted by atomic mass is 16.1. The van der Waals surface area contributed by atoms with Gasteiger partial charge in [-0.3, -0.25) is 4.79 Å². The third-order valence-corrected chi connectivity index (χ3v) is 5.43. The minimum atomic E-state index is -0.243. The molecule has 1 aliphatic carbocycles. The summed E-state index contributed by atoms with van der Waals surface area (Å²) in [5.74, 6) is 1.10. The van der Waals surface area contributed by atoms with Crippen molar-refractivity contribution < 1.29 is 4.79 Å². The van der Waals surface area contributed by atoms with Crippen molar-refractivity contribution in [1.82, 2.24) is 34.8 Å². The molecule has 0 aliphatic heterocycles. The van der Waals surface area contributed by atoms with E-state index in [9.17, 15) is 4.79 Å². The van der Waals surface area contributed by atoms with Gasteiger partial charge in [-0.05, 0) is 30.5 Å². The van der Waals surface area contributed by atoms with E-state index in [1.807, 2.05) is 35.0 Å². The van der Waals surface area contributed by atoms with E-state index in [4.69, 9.17) is 0 Å². The molecule has 1 aromatic carbocycles. The number of amides is 1. The number of hydrogen-bond acceptors (Lipinski definition) is 5. The van der Waals surface area contributed by atoms with E-state index in [0.717, 1.165) is 29.9 Å². The number of aromatic amines is 1. The summed E-state index contributed by atoms with van der Waals surface area (Å²) in [6, 6.07) is 7.95. The lowest BCUT2D eigenvalue weighted by molar-refractivity contribution is 0.0947. The number of rotatable bonds is 5. The van der Waals surface area contributed by atoms with Crippen LogP contribution in [-0.4, -0.2) is 35.4 Å². The Morgan fingerprint density at radius 3 is 2.97 bits per heavy atom. The maximum absolute atomic E-state index is 12.8. The summed E-state index contributed by atoms with van der Waals surface area (Å²) in [6.07, 6.45) is 11.5. The number of carbonyl (C=O) groups is 1. The Balaban J connectivity index is 1.34. The Morgan fingerprint density at radius 2 is 2.14 bits per heavy atom. The summed E-state index contributed by atoms with van der Waals surface area (Å²) in [4.78, 5) is 33.2. The quantitative estimate of drug-likeness (QED) is 0.548. The van der Waals surface area contributed by atoms with Gasteiger partial charge in [0.25, 0.3) is 5.91 Å². The van der Waals surface area contributed by atoms with Crippen LogP contribution in [-0.2, 0) is 6.54 Å². The van der Waals surface area contributed by atoms with Gasteiger partial charge < -0.3 is 14.9 Å². The molecule has 1 amide bonds. The van der Waals surface area contributed by atoms with Crippen molar-refractivity contribution in [3.05, 3.63) is 66.4 Å². The van der Waals surface area contributed by atoms with Crippen LogP contribution >= 0.6 is 0 Å². The lowest BCUT2D eigenvalue weighted by Crippen LogP contribution is -2.24. The molecule has 29 heavy (non-hydrogen) atoms. The zero-order valence-corrected chi connectivity index (χ0v) is 15.9. The van der Waals surface area contributed by atoms with E-state index < -0.39 is 0 Å². The van der Waals surface area contributed by atoms with E-state index in [-0.39, 0.29) is 5.91 Å². The van der Waals surface area contributed by atoms with Gasteiger partial charge in [0.05, 0.1) is 6.33 Å². The summed E-state index contributed by atoms with van der Waals surface area (Å²) in [7, 11) is 0. The van der Waals surface area contributed by atoms with Crippen molar-refractivity contribution in [2.45, 2.75) is 38.1 Å². The van der Waals surface area contributed by atoms with Crippen LogP contribution in [0, 0.1) is 0 Å². The lowest BCUT2D eigenvalue weighted by Gasteiger charge is -2.08. The number of nitrogens with one attached hydrogen (secondary N) is 2. The van der Waals surface area contributed by atoms with Gasteiger partial charge in [0, 0.05) is 30.5 Å². The topological polar surface area (TPSA) is 101 Å². The van der Waals surface area contributed by atoms with Gasteiger partial charge in [0.1, 0.15) is 17.7 Å². The van der Waals surface area contributed by atoms with Crippen LogP contribution in [0.2, 0.25) is 0 Å². The van der Waals surface area contributed by atoms with Gasteiger partial charge in [-0.1, -0.05) is 25.0 Å². The normalized spacial score (nSPS) is 14.5. The molecule has 5 rings (SSSR count). The molecule has 4 aromatic rings. The van der Waals surface area contributed by atoms with Gasteiger partial charge >= 0.3 is 0 Å². The number of benzene rings is 1. The zero-order chi connectivity index (χ0) is 19.6. The van der Waals surface area contributed by atoms with Crippen molar-refractivity contribution in [2.75, 3.05) is 0 Å². The first-order valence-electron chi connectivity index (χ1n) is 9.84. The Bertz CT molecular complexity index is 1140. The van der Waals surface area contributed by atoms with Crippen molar-refractivity contribution in [3.63, 3.8) is 0 Å². The van der Waals surface area contributed by atoms with Crippen LogP contribution in [0.4, 0.5) is 0 Å². The SMILES string of the molecule is O=C(NCc1cccc(-n2ccnc2)c1)c1ncnc2nc(C3CCCC3)[nH]c12. The number of hydrogen-bond donors (Lipinski definition) is 2. The third kappa shape index (κ3) is 3.49. The zero-order valence-electron chi connectivity index (χ0n) is 15.9. The molecule has 0 atom stereocenters. The molecule has 8 heteroatoms. The van der Waals surface area contributed by atoms with Gasteiger partial charge in [0.15, 0.2) is 11.3 Å². The fourth-order valence-electron chi connectivity index (χ4n) is 3.92. The number of carbonyl (C=O) groups excluding carboxylic acids is 1. The van der Waals surface area contributed by atoms with E-state index in [2.05, 4.69) is 30.2 Å². The smallest absolute Gasteiger partial charge is 0.272 e. The molecule has 0 spiro atoms. The maximum atomic E-state index is 12.8. The summed E-state index contributed by atoms with van der Waals surface area (Å²) in [6.45, 7) is 0.399. The molecular formula is C21H21N7O. The highest BCUT2D eigenvalue weighted by Gasteiger charge is 2.23. The average Bonchev–Trinajstić information content (AvgIpc) is 3.52. The molecule has 2 N–H and O–H groups in total. The molecule has 8 nitrogen and oxygen atoms in total. The average molecular weight is 387 g/mol. The molecule has 0 radical (unpaired) electrons. The Hall–Kier alpha value is -3.55. The highest BCUT2D eigenvalue weighted by Crippen LogP contribution is 2.33. The molecule has 0 unspecified atom stereocenters. The molecule has 1 fully saturated rings. The second-order valence-electron chi connectivity index (χ2n) is 7.35. The summed E-state index contributed by atoms with van der Waals surface area (Å²) >= 11 is 0. The number of fused-ring (bicyclic) bond motifs is 1. The molecule has 3 aromatic heterocycles. The van der Waals surface area contributed by atoms with Crippen molar-refractivity contribution in [1.29, 1.82) is 0 Å². The predicted octanol–water partition coefficient (Wildman–Crippen LogP) is 3.13. The molecule has 1 aliphatic rings.